The van der Waals surface area contributed by atoms with Crippen molar-refractivity contribution in [2.75, 3.05) is 0 Å². The van der Waals surface area contributed by atoms with Gasteiger partial charge in [-0.25, -0.2) is 18.0 Å². The molecule has 6 heteroatoms. The van der Waals surface area contributed by atoms with Crippen LogP contribution >= 0.6 is 11.6 Å². The van der Waals surface area contributed by atoms with Crippen LogP contribution in [0.15, 0.2) is 6.07 Å². The highest BCUT2D eigenvalue weighted by Gasteiger charge is 2.22. The van der Waals surface area contributed by atoms with Gasteiger partial charge in [-0.05, 0) is 6.07 Å². The summed E-state index contributed by atoms with van der Waals surface area (Å²) in [5, 5.41) is 7.48. The molecule has 2 nitrogen and oxygen atoms in total. The molecule has 0 aliphatic heterocycles. The summed E-state index contributed by atoms with van der Waals surface area (Å²) in [7, 11) is 0. The lowest BCUT2D eigenvalue weighted by Gasteiger charge is -2.01. The molecule has 0 unspecified atom stereocenters. The number of halogens is 4. The van der Waals surface area contributed by atoms with E-state index >= 15 is 0 Å². The third-order valence-corrected chi connectivity index (χ3v) is 1.60. The predicted octanol–water partition coefficient (Wildman–Crippen LogP) is 2.46. The van der Waals surface area contributed by atoms with Crippen molar-refractivity contribution < 1.29 is 23.1 Å². The van der Waals surface area contributed by atoms with Crippen LogP contribution in [-0.4, -0.2) is 11.1 Å². The lowest BCUT2D eigenvalue weighted by molar-refractivity contribution is 0.0685. The molecule has 0 spiro atoms. The molecule has 0 aliphatic carbocycles. The van der Waals surface area contributed by atoms with E-state index in [0.29, 0.717) is 6.07 Å². The lowest BCUT2D eigenvalue weighted by atomic mass is 10.2. The minimum atomic E-state index is -1.88. The molecule has 1 aromatic rings. The Bertz CT molecular complexity index is 378. The molecule has 0 aromatic heterocycles. The fraction of sp³-hybridized carbons (Fsp3) is 0. The van der Waals surface area contributed by atoms with Gasteiger partial charge in [0.05, 0.1) is 5.02 Å². The first-order valence-electron chi connectivity index (χ1n) is 3.01. The summed E-state index contributed by atoms with van der Waals surface area (Å²) >= 11 is 5.05. The second kappa shape index (κ2) is 3.26. The molecule has 1 aromatic carbocycles. The van der Waals surface area contributed by atoms with Gasteiger partial charge in [0, 0.05) is 0 Å². The molecule has 70 valence electrons. The molecule has 1 N–H and O–H groups in total. The minimum absolute atomic E-state index is 0.406. The van der Waals surface area contributed by atoms with Crippen LogP contribution in [-0.2, 0) is 0 Å². The van der Waals surface area contributed by atoms with E-state index in [1.54, 1.807) is 0 Å². The maximum absolute atomic E-state index is 12.7. The number of carboxylic acid groups (broad SMARTS) is 1. The lowest BCUT2D eigenvalue weighted by Crippen LogP contribution is -2.06. The zero-order valence-corrected chi connectivity index (χ0v) is 6.70. The number of benzene rings is 1. The Morgan fingerprint density at radius 2 is 1.85 bits per heavy atom. The molecule has 13 heavy (non-hydrogen) atoms. The fourth-order valence-electron chi connectivity index (χ4n) is 0.762. The molecule has 0 radical (unpaired) electrons. The maximum Gasteiger partial charge on any atom is 0.341 e. The highest BCUT2D eigenvalue weighted by Crippen LogP contribution is 2.23. The molecular weight excluding hydrogens is 209 g/mol. The standard InChI is InChI=1S/C7H2ClF3O2/c8-2-1-3(9)4(7(12)13)6(11)5(2)10/h1H,(H,12,13). The first-order chi connectivity index (χ1) is 5.95. The molecule has 0 fully saturated rings. The van der Waals surface area contributed by atoms with Crippen LogP contribution in [0.2, 0.25) is 5.02 Å². The van der Waals surface area contributed by atoms with Crippen molar-refractivity contribution in [1.82, 2.24) is 0 Å². The Morgan fingerprint density at radius 3 is 2.31 bits per heavy atom. The smallest absolute Gasteiger partial charge is 0.341 e. The van der Waals surface area contributed by atoms with Crippen molar-refractivity contribution in [2.45, 2.75) is 0 Å². The van der Waals surface area contributed by atoms with E-state index in [1.807, 2.05) is 0 Å². The summed E-state index contributed by atoms with van der Waals surface area (Å²) in [6.45, 7) is 0. The van der Waals surface area contributed by atoms with Crippen LogP contribution < -0.4 is 0 Å². The van der Waals surface area contributed by atoms with Gasteiger partial charge in [0.1, 0.15) is 11.4 Å². The zero-order valence-electron chi connectivity index (χ0n) is 5.94. The third-order valence-electron chi connectivity index (χ3n) is 1.33. The zero-order chi connectivity index (χ0) is 10.2. The Labute approximate surface area is 75.6 Å². The monoisotopic (exact) mass is 210 g/mol. The molecule has 0 bridgehead atoms. The fourth-order valence-corrected chi connectivity index (χ4v) is 0.941. The average Bonchev–Trinajstić information content (AvgIpc) is 1.99. The molecule has 1 rings (SSSR count). The van der Waals surface area contributed by atoms with Gasteiger partial charge in [0.15, 0.2) is 11.6 Å². The summed E-state index contributed by atoms with van der Waals surface area (Å²) in [6, 6.07) is 0.406. The van der Waals surface area contributed by atoms with Gasteiger partial charge < -0.3 is 5.11 Å². The molecule has 0 aliphatic rings. The summed E-state index contributed by atoms with van der Waals surface area (Å²) in [6.07, 6.45) is 0. The van der Waals surface area contributed by atoms with Gasteiger partial charge in [-0.1, -0.05) is 11.6 Å². The van der Waals surface area contributed by atoms with Crippen LogP contribution in [0.5, 0.6) is 0 Å². The van der Waals surface area contributed by atoms with E-state index in [0.717, 1.165) is 0 Å². The van der Waals surface area contributed by atoms with E-state index in [-0.39, 0.29) is 0 Å². The van der Waals surface area contributed by atoms with E-state index in [1.165, 1.54) is 0 Å². The van der Waals surface area contributed by atoms with Crippen molar-refractivity contribution in [1.29, 1.82) is 0 Å². The minimum Gasteiger partial charge on any atom is -0.477 e. The van der Waals surface area contributed by atoms with E-state index in [2.05, 4.69) is 0 Å². The van der Waals surface area contributed by atoms with Crippen molar-refractivity contribution in [3.05, 3.63) is 34.1 Å². The van der Waals surface area contributed by atoms with Gasteiger partial charge >= 0.3 is 5.97 Å². The van der Waals surface area contributed by atoms with Crippen molar-refractivity contribution in [2.24, 2.45) is 0 Å². The number of aromatic carboxylic acids is 1. The maximum atomic E-state index is 12.7. The second-order valence-corrected chi connectivity index (χ2v) is 2.56. The molecular formula is C7H2ClF3O2. The summed E-state index contributed by atoms with van der Waals surface area (Å²) in [5.41, 5.74) is -1.35. The van der Waals surface area contributed by atoms with Crippen molar-refractivity contribution in [3.63, 3.8) is 0 Å². The van der Waals surface area contributed by atoms with Gasteiger partial charge in [-0.2, -0.15) is 0 Å². The summed E-state index contributed by atoms with van der Waals surface area (Å²) in [5.74, 6) is -6.65. The quantitative estimate of drug-likeness (QED) is 0.571. The van der Waals surface area contributed by atoms with Crippen molar-refractivity contribution >= 4 is 17.6 Å². The predicted molar refractivity (Wildman–Crippen MR) is 38.3 cm³/mol. The van der Waals surface area contributed by atoms with Crippen LogP contribution in [0.1, 0.15) is 10.4 Å². The second-order valence-electron chi connectivity index (χ2n) is 2.15. The number of rotatable bonds is 1. The molecule has 0 saturated carbocycles. The number of hydrogen-bond donors (Lipinski definition) is 1. The van der Waals surface area contributed by atoms with E-state index in [9.17, 15) is 18.0 Å². The Morgan fingerprint density at radius 1 is 1.31 bits per heavy atom. The number of carboxylic acids is 1. The highest BCUT2D eigenvalue weighted by molar-refractivity contribution is 6.30. The van der Waals surface area contributed by atoms with Gasteiger partial charge in [0.25, 0.3) is 0 Å². The number of hydrogen-bond acceptors (Lipinski definition) is 1. The number of carbonyl (C=O) groups is 1. The van der Waals surface area contributed by atoms with Gasteiger partial charge in [-0.15, -0.1) is 0 Å². The van der Waals surface area contributed by atoms with E-state index in [4.69, 9.17) is 16.7 Å². The van der Waals surface area contributed by atoms with Crippen LogP contribution in [0.25, 0.3) is 0 Å². The Hall–Kier alpha value is -1.23. The van der Waals surface area contributed by atoms with Crippen LogP contribution in [0.4, 0.5) is 13.2 Å². The molecule has 0 heterocycles. The Balaban J connectivity index is 3.53. The largest absolute Gasteiger partial charge is 0.477 e. The van der Waals surface area contributed by atoms with Crippen LogP contribution in [0.3, 0.4) is 0 Å². The SMILES string of the molecule is O=C(O)c1c(F)cc(Cl)c(F)c1F. The summed E-state index contributed by atoms with van der Waals surface area (Å²) in [4.78, 5) is 10.2. The van der Waals surface area contributed by atoms with Crippen LogP contribution in [0, 0.1) is 17.5 Å². The topological polar surface area (TPSA) is 37.3 Å². The summed E-state index contributed by atoms with van der Waals surface area (Å²) < 4.78 is 38.0. The first-order valence-corrected chi connectivity index (χ1v) is 3.39. The van der Waals surface area contributed by atoms with Crippen molar-refractivity contribution in [3.8, 4) is 0 Å². The Kier molecular flexibility index (Phi) is 2.47. The van der Waals surface area contributed by atoms with Gasteiger partial charge in [-0.3, -0.25) is 0 Å². The molecule has 0 atom stereocenters. The first kappa shape index (κ1) is 9.85. The average molecular weight is 211 g/mol. The molecule has 0 saturated heterocycles. The molecule has 0 amide bonds. The highest BCUT2D eigenvalue weighted by atomic mass is 35.5. The third kappa shape index (κ3) is 1.60. The van der Waals surface area contributed by atoms with Gasteiger partial charge in [0.2, 0.25) is 0 Å². The van der Waals surface area contributed by atoms with E-state index < -0.39 is 34.0 Å². The normalized spacial score (nSPS) is 10.2.